The van der Waals surface area contributed by atoms with Gasteiger partial charge in [-0.25, -0.2) is 13.8 Å². The van der Waals surface area contributed by atoms with Crippen LogP contribution in [0.1, 0.15) is 31.5 Å². The Hall–Kier alpha value is -3.65. The van der Waals surface area contributed by atoms with Gasteiger partial charge in [-0.05, 0) is 36.3 Å². The minimum absolute atomic E-state index is 0.0554. The van der Waals surface area contributed by atoms with Crippen LogP contribution in [0.5, 0.6) is 11.5 Å². The summed E-state index contributed by atoms with van der Waals surface area (Å²) in [6, 6.07) is 5.53. The van der Waals surface area contributed by atoms with Crippen LogP contribution in [0.2, 0.25) is 5.02 Å². The van der Waals surface area contributed by atoms with E-state index in [0.29, 0.717) is 12.5 Å². The summed E-state index contributed by atoms with van der Waals surface area (Å²) in [5.41, 5.74) is -2.24. The van der Waals surface area contributed by atoms with Gasteiger partial charge in [0.05, 0.1) is 24.5 Å². The second kappa shape index (κ2) is 10.3. The SMILES string of the molecule is CCC1=C(C(F)F)C=C(Cn2cnc(C(C)(F)F)c(Oc3cc(Cl)cc(C#N)c3)c2=O)C(=O)NC1. The molecule has 0 spiro atoms. The van der Waals surface area contributed by atoms with Crippen molar-refractivity contribution in [3.05, 3.63) is 74.0 Å². The average Bonchev–Trinajstić information content (AvgIpc) is 2.94. The molecule has 0 radical (unpaired) electrons. The lowest BCUT2D eigenvalue weighted by atomic mass is 10.0. The van der Waals surface area contributed by atoms with Crippen LogP contribution >= 0.6 is 11.6 Å². The predicted octanol–water partition coefficient (Wildman–Crippen LogP) is 4.70. The summed E-state index contributed by atoms with van der Waals surface area (Å²) in [4.78, 5) is 29.3. The summed E-state index contributed by atoms with van der Waals surface area (Å²) in [6.07, 6.45) is -0.809. The van der Waals surface area contributed by atoms with E-state index in [2.05, 4.69) is 10.3 Å². The van der Waals surface area contributed by atoms with E-state index in [-0.39, 0.29) is 40.4 Å². The number of hydrogen-bond acceptors (Lipinski definition) is 5. The van der Waals surface area contributed by atoms with Crippen LogP contribution in [0.15, 0.2) is 52.1 Å². The number of halogens is 5. The molecule has 7 nitrogen and oxygen atoms in total. The third-order valence-electron chi connectivity index (χ3n) is 5.13. The van der Waals surface area contributed by atoms with Gasteiger partial charge in [-0.1, -0.05) is 18.5 Å². The third-order valence-corrected chi connectivity index (χ3v) is 5.35. The molecule has 1 aliphatic heterocycles. The number of hydrogen-bond donors (Lipinski definition) is 1. The molecule has 1 aromatic heterocycles. The second-order valence-corrected chi connectivity index (χ2v) is 8.14. The minimum Gasteiger partial charge on any atom is -0.449 e. The van der Waals surface area contributed by atoms with E-state index in [9.17, 15) is 27.2 Å². The molecule has 35 heavy (non-hydrogen) atoms. The van der Waals surface area contributed by atoms with Crippen molar-refractivity contribution in [2.45, 2.75) is 39.2 Å². The molecule has 2 aromatic rings. The van der Waals surface area contributed by atoms with E-state index in [1.165, 1.54) is 18.2 Å². The highest BCUT2D eigenvalue weighted by Crippen LogP contribution is 2.34. The second-order valence-electron chi connectivity index (χ2n) is 7.70. The standard InChI is InChI=1S/C23H19ClF4N4O3/c1-3-13-9-30-21(33)14(6-17(13)20(25)26)10-32-11-31-19(23(2,27)28)18(22(32)34)35-16-5-12(8-29)4-15(24)7-16/h4-7,11,20H,3,9-10H2,1-2H3,(H,30,33). The average molecular weight is 511 g/mol. The number of ether oxygens (including phenoxy) is 1. The van der Waals surface area contributed by atoms with Gasteiger partial charge in [0.2, 0.25) is 11.7 Å². The van der Waals surface area contributed by atoms with Gasteiger partial charge in [0.25, 0.3) is 17.9 Å². The van der Waals surface area contributed by atoms with E-state index in [1.54, 1.807) is 6.92 Å². The monoisotopic (exact) mass is 510 g/mol. The highest BCUT2D eigenvalue weighted by atomic mass is 35.5. The number of alkyl halides is 4. The number of benzene rings is 1. The van der Waals surface area contributed by atoms with E-state index >= 15 is 0 Å². The molecule has 1 aliphatic rings. The molecule has 0 saturated heterocycles. The number of amides is 1. The number of allylic oxidation sites excluding steroid dienone is 2. The number of rotatable bonds is 7. The molecule has 12 heteroatoms. The van der Waals surface area contributed by atoms with Gasteiger partial charge in [0, 0.05) is 29.6 Å². The Balaban J connectivity index is 2.10. The zero-order valence-corrected chi connectivity index (χ0v) is 19.3. The highest BCUT2D eigenvalue weighted by molar-refractivity contribution is 6.30. The minimum atomic E-state index is -3.59. The first-order valence-electron chi connectivity index (χ1n) is 10.3. The van der Waals surface area contributed by atoms with Crippen LogP contribution in [0.25, 0.3) is 0 Å². The fraction of sp³-hybridized carbons (Fsp3) is 0.304. The number of aromatic nitrogens is 2. The molecular formula is C23H19ClF4N4O3. The zero-order valence-electron chi connectivity index (χ0n) is 18.5. The lowest BCUT2D eigenvalue weighted by Gasteiger charge is -2.17. The van der Waals surface area contributed by atoms with Crippen molar-refractivity contribution in [1.82, 2.24) is 14.9 Å². The molecule has 0 fully saturated rings. The lowest BCUT2D eigenvalue weighted by Crippen LogP contribution is -2.31. The van der Waals surface area contributed by atoms with Gasteiger partial charge in [-0.15, -0.1) is 0 Å². The molecule has 1 N–H and O–H groups in total. The fourth-order valence-electron chi connectivity index (χ4n) is 3.40. The van der Waals surface area contributed by atoms with Gasteiger partial charge < -0.3 is 10.1 Å². The molecular weight excluding hydrogens is 492 g/mol. The summed E-state index contributed by atoms with van der Waals surface area (Å²) >= 11 is 5.92. The summed E-state index contributed by atoms with van der Waals surface area (Å²) in [5.74, 6) is -5.32. The first-order chi connectivity index (χ1) is 16.4. The Morgan fingerprint density at radius 1 is 1.31 bits per heavy atom. The Morgan fingerprint density at radius 3 is 2.63 bits per heavy atom. The van der Waals surface area contributed by atoms with Crippen molar-refractivity contribution in [1.29, 1.82) is 5.26 Å². The molecule has 3 rings (SSSR count). The first-order valence-corrected chi connectivity index (χ1v) is 10.7. The number of carbonyl (C=O) groups is 1. The van der Waals surface area contributed by atoms with Crippen LogP contribution in [0.3, 0.4) is 0 Å². The van der Waals surface area contributed by atoms with Gasteiger partial charge in [0.1, 0.15) is 5.75 Å². The van der Waals surface area contributed by atoms with Gasteiger partial charge in [-0.3, -0.25) is 14.2 Å². The smallest absolute Gasteiger partial charge is 0.297 e. The summed E-state index contributed by atoms with van der Waals surface area (Å²) < 4.78 is 61.8. The highest BCUT2D eigenvalue weighted by Gasteiger charge is 2.34. The van der Waals surface area contributed by atoms with E-state index in [1.807, 2.05) is 6.07 Å². The van der Waals surface area contributed by atoms with Gasteiger partial charge in [-0.2, -0.15) is 14.0 Å². The van der Waals surface area contributed by atoms with Crippen molar-refractivity contribution in [2.24, 2.45) is 0 Å². The maximum Gasteiger partial charge on any atom is 0.297 e. The maximum atomic E-state index is 14.2. The van der Waals surface area contributed by atoms with Crippen LogP contribution in [-0.4, -0.2) is 28.4 Å². The van der Waals surface area contributed by atoms with Crippen molar-refractivity contribution < 1.29 is 27.1 Å². The van der Waals surface area contributed by atoms with Crippen LogP contribution < -0.4 is 15.6 Å². The van der Waals surface area contributed by atoms with E-state index < -0.39 is 41.8 Å². The Morgan fingerprint density at radius 2 is 2.03 bits per heavy atom. The van der Waals surface area contributed by atoms with E-state index in [4.69, 9.17) is 21.6 Å². The molecule has 1 amide bonds. The number of nitrogens with one attached hydrogen (secondary N) is 1. The van der Waals surface area contributed by atoms with E-state index in [0.717, 1.165) is 17.0 Å². The quantitative estimate of drug-likeness (QED) is 0.545. The van der Waals surface area contributed by atoms with Crippen molar-refractivity contribution in [2.75, 3.05) is 6.54 Å². The Bertz CT molecular complexity index is 1320. The predicted molar refractivity (Wildman–Crippen MR) is 119 cm³/mol. The molecule has 2 heterocycles. The number of carbonyl (C=O) groups excluding carboxylic acids is 1. The number of nitrogens with zero attached hydrogens (tertiary/aromatic N) is 3. The van der Waals surface area contributed by atoms with Crippen molar-refractivity contribution >= 4 is 17.5 Å². The number of nitriles is 1. The summed E-state index contributed by atoms with van der Waals surface area (Å²) in [5, 5.41) is 11.7. The zero-order chi connectivity index (χ0) is 25.9. The van der Waals surface area contributed by atoms with Crippen LogP contribution in [0.4, 0.5) is 17.6 Å². The maximum absolute atomic E-state index is 14.2. The Kier molecular flexibility index (Phi) is 7.65. The van der Waals surface area contributed by atoms with Crippen LogP contribution in [0, 0.1) is 11.3 Å². The fourth-order valence-corrected chi connectivity index (χ4v) is 3.62. The molecule has 0 unspecified atom stereocenters. The van der Waals surface area contributed by atoms with Gasteiger partial charge in [0.15, 0.2) is 5.69 Å². The molecule has 0 bridgehead atoms. The molecule has 0 atom stereocenters. The first kappa shape index (κ1) is 26.0. The largest absolute Gasteiger partial charge is 0.449 e. The molecule has 0 saturated carbocycles. The lowest BCUT2D eigenvalue weighted by molar-refractivity contribution is -0.117. The molecule has 184 valence electrons. The summed E-state index contributed by atoms with van der Waals surface area (Å²) in [7, 11) is 0. The Labute approximate surface area is 202 Å². The van der Waals surface area contributed by atoms with Gasteiger partial charge >= 0.3 is 0 Å². The van der Waals surface area contributed by atoms with Crippen molar-refractivity contribution in [3.8, 4) is 17.6 Å². The van der Waals surface area contributed by atoms with Crippen LogP contribution in [-0.2, 0) is 17.3 Å². The normalized spacial score (nSPS) is 14.4. The topological polar surface area (TPSA) is 97.0 Å². The third kappa shape index (κ3) is 5.89. The molecule has 0 aliphatic carbocycles. The van der Waals surface area contributed by atoms with Crippen molar-refractivity contribution in [3.63, 3.8) is 0 Å². The molecule has 1 aromatic carbocycles. The summed E-state index contributed by atoms with van der Waals surface area (Å²) in [6.45, 7) is 1.55.